The van der Waals surface area contributed by atoms with E-state index in [1.165, 1.54) is 13.8 Å². The highest BCUT2D eigenvalue weighted by Crippen LogP contribution is 1.96. The molecule has 0 saturated carbocycles. The highest BCUT2D eigenvalue weighted by atomic mass is 16.1. The Morgan fingerprint density at radius 1 is 0.361 bits per heavy atom. The van der Waals surface area contributed by atoms with E-state index in [9.17, 15) is 28.8 Å². The minimum atomic E-state index is 0.167. The van der Waals surface area contributed by atoms with Crippen LogP contribution in [0.4, 0.5) is 0 Å². The Balaban J connectivity index is -0.0000000760. The van der Waals surface area contributed by atoms with Crippen LogP contribution in [0.1, 0.15) is 160 Å². The number of hydrogen-bond donors (Lipinski definition) is 0. The van der Waals surface area contributed by atoms with Gasteiger partial charge < -0.3 is 14.4 Å². The van der Waals surface area contributed by atoms with Crippen LogP contribution < -0.4 is 0 Å². The smallest absolute Gasteiger partial charge is 0.132 e. The van der Waals surface area contributed by atoms with Crippen LogP contribution in [-0.4, -0.2) is 34.7 Å². The average molecular weight is 517 g/mol. The lowest BCUT2D eigenvalue weighted by Gasteiger charge is -1.91. The third kappa shape index (κ3) is 94.9. The molecule has 0 radical (unpaired) electrons. The van der Waals surface area contributed by atoms with E-state index in [4.69, 9.17) is 0 Å². The normalized spacial score (nSPS) is 8.33. The first-order valence-corrected chi connectivity index (χ1v) is 13.7. The predicted molar refractivity (Wildman–Crippen MR) is 154 cm³/mol. The van der Waals surface area contributed by atoms with Gasteiger partial charge in [0.15, 0.2) is 0 Å². The molecule has 0 aliphatic heterocycles. The molecule has 0 N–H and O–H groups in total. The molecule has 6 nitrogen and oxygen atoms in total. The molecule has 0 aromatic carbocycles. The minimum absolute atomic E-state index is 0.167. The molecule has 0 bridgehead atoms. The molecule has 0 aromatic rings. The second kappa shape index (κ2) is 43.1. The third-order valence-electron chi connectivity index (χ3n) is 3.87. The Hall–Kier alpha value is -1.98. The van der Waals surface area contributed by atoms with E-state index in [-0.39, 0.29) is 17.3 Å². The molecule has 0 unspecified atom stereocenters. The van der Waals surface area contributed by atoms with E-state index in [1.54, 1.807) is 13.8 Å². The molecule has 0 aliphatic rings. The summed E-state index contributed by atoms with van der Waals surface area (Å²) in [6, 6.07) is 0. The van der Waals surface area contributed by atoms with E-state index in [2.05, 4.69) is 0 Å². The molecule has 36 heavy (non-hydrogen) atoms. The molecular weight excluding hydrogens is 456 g/mol. The van der Waals surface area contributed by atoms with E-state index in [0.29, 0.717) is 43.0 Å². The minimum Gasteiger partial charge on any atom is -0.300 e. The zero-order chi connectivity index (χ0) is 29.9. The highest BCUT2D eigenvalue weighted by molar-refractivity contribution is 5.78. The fraction of sp³-hybridized carbons (Fsp3) is 0.800. The SMILES string of the molecule is CC(C)=O.CCC(=O)CC.CCC(C)=O.CCCC(=O)CC.CCCC(=O)CCC.CCCC(C)=O. The number of Topliss-reactive ketones (excluding diaryl/α,β-unsaturated/α-hetero) is 6. The maximum absolute atomic E-state index is 10.6. The molecular formula is C30H60O6. The van der Waals surface area contributed by atoms with Crippen molar-refractivity contribution in [1.29, 1.82) is 0 Å². The lowest BCUT2D eigenvalue weighted by molar-refractivity contribution is -0.119. The Morgan fingerprint density at radius 2 is 0.611 bits per heavy atom. The third-order valence-corrected chi connectivity index (χ3v) is 3.87. The van der Waals surface area contributed by atoms with Gasteiger partial charge in [0.1, 0.15) is 34.7 Å². The van der Waals surface area contributed by atoms with Crippen molar-refractivity contribution in [3.8, 4) is 0 Å². The molecule has 0 atom stereocenters. The highest BCUT2D eigenvalue weighted by Gasteiger charge is 1.95. The predicted octanol–water partition coefficient (Wildman–Crippen LogP) is 8.25. The fourth-order valence-electron chi connectivity index (χ4n) is 1.74. The summed E-state index contributed by atoms with van der Waals surface area (Å²) in [4.78, 5) is 60.5. The Labute approximate surface area is 223 Å². The maximum Gasteiger partial charge on any atom is 0.132 e. The van der Waals surface area contributed by atoms with Crippen LogP contribution in [-0.2, 0) is 28.8 Å². The van der Waals surface area contributed by atoms with Crippen LogP contribution in [0.2, 0.25) is 0 Å². The van der Waals surface area contributed by atoms with Crippen LogP contribution in [0.5, 0.6) is 0 Å². The summed E-state index contributed by atoms with van der Waals surface area (Å²) in [5.74, 6) is 1.84. The Morgan fingerprint density at radius 3 is 0.694 bits per heavy atom. The molecule has 0 aromatic heterocycles. The number of rotatable bonds is 12. The largest absolute Gasteiger partial charge is 0.300 e. The molecule has 0 rings (SSSR count). The first kappa shape index (κ1) is 47.2. The molecule has 216 valence electrons. The summed E-state index contributed by atoms with van der Waals surface area (Å²) < 4.78 is 0. The first-order chi connectivity index (χ1) is 16.7. The van der Waals surface area contributed by atoms with Gasteiger partial charge >= 0.3 is 0 Å². The monoisotopic (exact) mass is 516 g/mol. The van der Waals surface area contributed by atoms with Gasteiger partial charge in [0.2, 0.25) is 0 Å². The van der Waals surface area contributed by atoms with Gasteiger partial charge in [0, 0.05) is 51.4 Å². The van der Waals surface area contributed by atoms with Crippen molar-refractivity contribution in [3.05, 3.63) is 0 Å². The van der Waals surface area contributed by atoms with Gasteiger partial charge in [-0.3, -0.25) is 14.4 Å². The van der Waals surface area contributed by atoms with Crippen molar-refractivity contribution in [2.75, 3.05) is 0 Å². The summed E-state index contributed by atoms with van der Waals surface area (Å²) >= 11 is 0. The molecule has 0 aliphatic carbocycles. The fourth-order valence-corrected chi connectivity index (χ4v) is 1.74. The van der Waals surface area contributed by atoms with Crippen molar-refractivity contribution in [1.82, 2.24) is 0 Å². The summed E-state index contributed by atoms with van der Waals surface area (Å²) in [7, 11) is 0. The van der Waals surface area contributed by atoms with Gasteiger partial charge in [-0.15, -0.1) is 0 Å². The zero-order valence-electron chi connectivity index (χ0n) is 25.9. The van der Waals surface area contributed by atoms with Crippen molar-refractivity contribution >= 4 is 34.7 Å². The topological polar surface area (TPSA) is 102 Å². The zero-order valence-corrected chi connectivity index (χ0v) is 25.9. The van der Waals surface area contributed by atoms with Gasteiger partial charge in [-0.2, -0.15) is 0 Å². The van der Waals surface area contributed by atoms with Gasteiger partial charge in [-0.25, -0.2) is 0 Å². The Kier molecular flexibility index (Phi) is 56.6. The first-order valence-electron chi connectivity index (χ1n) is 13.7. The summed E-state index contributed by atoms with van der Waals surface area (Å²) in [6.45, 7) is 21.9. The van der Waals surface area contributed by atoms with E-state index >= 15 is 0 Å². The summed E-state index contributed by atoms with van der Waals surface area (Å²) in [5, 5.41) is 0. The van der Waals surface area contributed by atoms with Crippen LogP contribution in [0.25, 0.3) is 0 Å². The lowest BCUT2D eigenvalue weighted by atomic mass is 10.1. The van der Waals surface area contributed by atoms with E-state index < -0.39 is 0 Å². The van der Waals surface area contributed by atoms with E-state index in [1.807, 2.05) is 55.4 Å². The van der Waals surface area contributed by atoms with Crippen molar-refractivity contribution in [2.24, 2.45) is 0 Å². The van der Waals surface area contributed by atoms with Crippen molar-refractivity contribution in [3.63, 3.8) is 0 Å². The van der Waals surface area contributed by atoms with Gasteiger partial charge in [-0.1, -0.05) is 55.4 Å². The maximum atomic E-state index is 10.6. The molecule has 0 spiro atoms. The molecule has 6 heteroatoms. The second-order valence-electron chi connectivity index (χ2n) is 8.34. The van der Waals surface area contributed by atoms with Gasteiger partial charge in [0.05, 0.1) is 0 Å². The quantitative estimate of drug-likeness (QED) is 0.259. The van der Waals surface area contributed by atoms with Crippen molar-refractivity contribution in [2.45, 2.75) is 160 Å². The summed E-state index contributed by atoms with van der Waals surface area (Å²) in [6.07, 6.45) is 9.76. The molecule has 0 amide bonds. The van der Waals surface area contributed by atoms with Gasteiger partial charge in [-0.05, 0) is 53.4 Å². The standard InChI is InChI=1S/C7H14O.C6H12O.2C5H10O.C4H8O.C3H6O/c1-3-5-7(8)6-4-2;1-3-5-6(7)4-2;1-3-4-5(2)6;1-3-5(6)4-2;1-3-4(2)5;1-3(2)4/h3-6H2,1-2H3;3-5H2,1-2H3;2*3-4H2,1-2H3;3H2,1-2H3;1-2H3. The molecule has 0 fully saturated rings. The van der Waals surface area contributed by atoms with Crippen LogP contribution in [0.15, 0.2) is 0 Å². The second-order valence-corrected chi connectivity index (χ2v) is 8.34. The number of carbonyl (C=O) groups excluding carboxylic acids is 6. The molecule has 0 saturated heterocycles. The van der Waals surface area contributed by atoms with Crippen LogP contribution in [0, 0.1) is 0 Å². The Bertz CT molecular complexity index is 518. The lowest BCUT2D eigenvalue weighted by Crippen LogP contribution is -1.93. The summed E-state index contributed by atoms with van der Waals surface area (Å²) in [5.41, 5.74) is 0. The van der Waals surface area contributed by atoms with Gasteiger partial charge in [0.25, 0.3) is 0 Å². The number of carbonyl (C=O) groups is 6. The number of hydrogen-bond acceptors (Lipinski definition) is 6. The molecule has 0 heterocycles. The average Bonchev–Trinajstić information content (AvgIpc) is 2.80. The van der Waals surface area contributed by atoms with Crippen LogP contribution in [0.3, 0.4) is 0 Å². The van der Waals surface area contributed by atoms with Crippen LogP contribution >= 0.6 is 0 Å². The van der Waals surface area contributed by atoms with Crippen molar-refractivity contribution < 1.29 is 28.8 Å². The van der Waals surface area contributed by atoms with E-state index in [0.717, 1.165) is 51.4 Å². The number of ketones is 6.